The van der Waals surface area contributed by atoms with Gasteiger partial charge in [0.1, 0.15) is 5.82 Å². The monoisotopic (exact) mass is 351 g/mol. The van der Waals surface area contributed by atoms with Crippen molar-refractivity contribution < 1.29 is 9.13 Å². The summed E-state index contributed by atoms with van der Waals surface area (Å²) in [7, 11) is 1.69. The second-order valence-corrected chi connectivity index (χ2v) is 5.93. The normalized spacial score (nSPS) is 12.2. The molecule has 0 saturated heterocycles. The molecule has 1 atom stereocenters. The minimum atomic E-state index is -0.200. The summed E-state index contributed by atoms with van der Waals surface area (Å²) in [4.78, 5) is 0. The van der Waals surface area contributed by atoms with E-state index in [4.69, 9.17) is 4.74 Å². The molecule has 0 aliphatic heterocycles. The quantitative estimate of drug-likeness (QED) is 0.808. The number of nitrogens with one attached hydrogen (secondary N) is 1. The first-order chi connectivity index (χ1) is 10.1. The summed E-state index contributed by atoms with van der Waals surface area (Å²) in [6.07, 6.45) is 0.833. The smallest absolute Gasteiger partial charge is 0.123 e. The molecule has 2 aromatic rings. The van der Waals surface area contributed by atoms with E-state index in [1.54, 1.807) is 7.11 Å². The molecule has 21 heavy (non-hydrogen) atoms. The first-order valence-corrected chi connectivity index (χ1v) is 7.66. The van der Waals surface area contributed by atoms with Gasteiger partial charge >= 0.3 is 0 Å². The molecule has 0 aliphatic carbocycles. The zero-order valence-corrected chi connectivity index (χ0v) is 13.8. The summed E-state index contributed by atoms with van der Waals surface area (Å²) in [5, 5.41) is 3.50. The van der Waals surface area contributed by atoms with Crippen LogP contribution in [0.25, 0.3) is 0 Å². The molecule has 4 heteroatoms. The Kier molecular flexibility index (Phi) is 5.76. The molecule has 0 saturated carbocycles. The van der Waals surface area contributed by atoms with E-state index in [0.717, 1.165) is 27.7 Å². The second kappa shape index (κ2) is 7.57. The van der Waals surface area contributed by atoms with Gasteiger partial charge in [-0.2, -0.15) is 0 Å². The fourth-order valence-electron chi connectivity index (χ4n) is 2.28. The maximum Gasteiger partial charge on any atom is 0.123 e. The predicted molar refractivity (Wildman–Crippen MR) is 88.0 cm³/mol. The van der Waals surface area contributed by atoms with Crippen LogP contribution in [0, 0.1) is 5.82 Å². The number of anilines is 1. The highest BCUT2D eigenvalue weighted by atomic mass is 79.9. The van der Waals surface area contributed by atoms with Gasteiger partial charge in [0.15, 0.2) is 0 Å². The van der Waals surface area contributed by atoms with E-state index in [-0.39, 0.29) is 11.9 Å². The van der Waals surface area contributed by atoms with Gasteiger partial charge in [-0.3, -0.25) is 0 Å². The minimum absolute atomic E-state index is 0.200. The lowest BCUT2D eigenvalue weighted by Gasteiger charge is -2.19. The lowest BCUT2D eigenvalue weighted by molar-refractivity contribution is 0.185. The highest BCUT2D eigenvalue weighted by Gasteiger charge is 2.10. The maximum absolute atomic E-state index is 12.9. The van der Waals surface area contributed by atoms with Crippen LogP contribution in [0.3, 0.4) is 0 Å². The minimum Gasteiger partial charge on any atom is -0.382 e. The molecule has 1 N–H and O–H groups in total. The summed E-state index contributed by atoms with van der Waals surface area (Å²) in [5.41, 5.74) is 3.27. The lowest BCUT2D eigenvalue weighted by Crippen LogP contribution is -2.19. The summed E-state index contributed by atoms with van der Waals surface area (Å²) in [6.45, 7) is 2.66. The number of halogens is 2. The average molecular weight is 352 g/mol. The Balaban J connectivity index is 2.07. The molecule has 1 unspecified atom stereocenters. The first-order valence-electron chi connectivity index (χ1n) is 6.87. The lowest BCUT2D eigenvalue weighted by atomic mass is 10.1. The number of benzene rings is 2. The van der Waals surface area contributed by atoms with Gasteiger partial charge < -0.3 is 10.1 Å². The number of methoxy groups -OCH3 is 1. The van der Waals surface area contributed by atoms with Crippen LogP contribution in [-0.4, -0.2) is 13.2 Å². The molecule has 0 heterocycles. The van der Waals surface area contributed by atoms with E-state index in [1.165, 1.54) is 12.1 Å². The predicted octanol–water partition coefficient (Wildman–Crippen LogP) is 4.78. The van der Waals surface area contributed by atoms with Crippen LogP contribution in [0.2, 0.25) is 0 Å². The van der Waals surface area contributed by atoms with E-state index in [2.05, 4.69) is 28.2 Å². The first kappa shape index (κ1) is 16.0. The van der Waals surface area contributed by atoms with Crippen LogP contribution >= 0.6 is 15.9 Å². The zero-order chi connectivity index (χ0) is 15.2. The van der Waals surface area contributed by atoms with Gasteiger partial charge in [0.25, 0.3) is 0 Å². The Bertz CT molecular complexity index is 586. The van der Waals surface area contributed by atoms with Crippen molar-refractivity contribution in [2.24, 2.45) is 0 Å². The summed E-state index contributed by atoms with van der Waals surface area (Å²) in [5.74, 6) is -0.200. The van der Waals surface area contributed by atoms with Crippen molar-refractivity contribution in [1.29, 1.82) is 0 Å². The topological polar surface area (TPSA) is 21.3 Å². The van der Waals surface area contributed by atoms with Crippen molar-refractivity contribution in [2.45, 2.75) is 26.0 Å². The Morgan fingerprint density at radius 2 is 1.90 bits per heavy atom. The third-order valence-electron chi connectivity index (χ3n) is 3.26. The number of ether oxygens (including phenoxy) is 1. The molecule has 112 valence electrons. The maximum atomic E-state index is 12.9. The molecule has 2 rings (SSSR count). The summed E-state index contributed by atoms with van der Waals surface area (Å²) < 4.78 is 19.2. The van der Waals surface area contributed by atoms with Gasteiger partial charge in [0, 0.05) is 28.9 Å². The molecule has 0 bridgehead atoms. The van der Waals surface area contributed by atoms with Crippen LogP contribution in [0.4, 0.5) is 10.1 Å². The van der Waals surface area contributed by atoms with Gasteiger partial charge in [0.2, 0.25) is 0 Å². The van der Waals surface area contributed by atoms with E-state index in [1.807, 2.05) is 30.3 Å². The van der Waals surface area contributed by atoms with Crippen LogP contribution in [0.1, 0.15) is 18.1 Å². The molecule has 0 amide bonds. The number of hydrogen-bond acceptors (Lipinski definition) is 2. The Hall–Kier alpha value is -1.39. The van der Waals surface area contributed by atoms with Crippen molar-refractivity contribution in [3.8, 4) is 0 Å². The number of hydrogen-bond donors (Lipinski definition) is 1. The molecule has 0 aromatic heterocycles. The third kappa shape index (κ3) is 4.55. The fraction of sp³-hybridized carbons (Fsp3) is 0.294. The molecular weight excluding hydrogens is 333 g/mol. The van der Waals surface area contributed by atoms with Crippen LogP contribution in [0.5, 0.6) is 0 Å². The standard InChI is InChI=1S/C17H19BrFNO/c1-12(10-13-6-8-14(19)9-7-13)20-17-5-3-4-16(18)15(17)11-21-2/h3-9,12,20H,10-11H2,1-2H3. The highest BCUT2D eigenvalue weighted by Crippen LogP contribution is 2.26. The molecule has 0 radical (unpaired) electrons. The summed E-state index contributed by atoms with van der Waals surface area (Å²) in [6, 6.07) is 12.9. The molecule has 0 aliphatic rings. The Morgan fingerprint density at radius 3 is 2.57 bits per heavy atom. The average Bonchev–Trinajstić information content (AvgIpc) is 2.45. The van der Waals surface area contributed by atoms with Gasteiger partial charge in [-0.15, -0.1) is 0 Å². The van der Waals surface area contributed by atoms with Gasteiger partial charge in [-0.05, 0) is 43.2 Å². The van der Waals surface area contributed by atoms with Gasteiger partial charge in [-0.1, -0.05) is 34.1 Å². The van der Waals surface area contributed by atoms with E-state index < -0.39 is 0 Å². The Morgan fingerprint density at radius 1 is 1.19 bits per heavy atom. The van der Waals surface area contributed by atoms with Crippen LogP contribution in [0.15, 0.2) is 46.9 Å². The molecule has 0 spiro atoms. The van der Waals surface area contributed by atoms with Crippen molar-refractivity contribution >= 4 is 21.6 Å². The molecule has 0 fully saturated rings. The number of rotatable bonds is 6. The van der Waals surface area contributed by atoms with Gasteiger partial charge in [-0.25, -0.2) is 4.39 Å². The van der Waals surface area contributed by atoms with E-state index in [0.29, 0.717) is 6.61 Å². The van der Waals surface area contributed by atoms with Crippen molar-refractivity contribution in [1.82, 2.24) is 0 Å². The third-order valence-corrected chi connectivity index (χ3v) is 4.01. The van der Waals surface area contributed by atoms with Gasteiger partial charge in [0.05, 0.1) is 6.61 Å². The zero-order valence-electron chi connectivity index (χ0n) is 12.2. The molecule has 2 nitrogen and oxygen atoms in total. The second-order valence-electron chi connectivity index (χ2n) is 5.07. The van der Waals surface area contributed by atoms with Crippen molar-refractivity contribution in [3.63, 3.8) is 0 Å². The highest BCUT2D eigenvalue weighted by molar-refractivity contribution is 9.10. The van der Waals surface area contributed by atoms with Crippen molar-refractivity contribution in [3.05, 3.63) is 63.9 Å². The van der Waals surface area contributed by atoms with E-state index >= 15 is 0 Å². The molecule has 2 aromatic carbocycles. The van der Waals surface area contributed by atoms with E-state index in [9.17, 15) is 4.39 Å². The largest absolute Gasteiger partial charge is 0.382 e. The van der Waals surface area contributed by atoms with Crippen LogP contribution in [-0.2, 0) is 17.8 Å². The fourth-order valence-corrected chi connectivity index (χ4v) is 2.76. The SMILES string of the molecule is COCc1c(Br)cccc1NC(C)Cc1ccc(F)cc1. The van der Waals surface area contributed by atoms with Crippen molar-refractivity contribution in [2.75, 3.05) is 12.4 Å². The summed E-state index contributed by atoms with van der Waals surface area (Å²) >= 11 is 3.55. The van der Waals surface area contributed by atoms with Crippen LogP contribution < -0.4 is 5.32 Å². The molecular formula is C17H19BrFNO. The Labute approximate surface area is 133 Å².